The number of aliphatic hydroxyl groups excluding tert-OH is 1. The minimum absolute atomic E-state index is 0.0146. The van der Waals surface area contributed by atoms with Crippen molar-refractivity contribution < 1.29 is 102 Å². The third kappa shape index (κ3) is 41.7. The molecular formula is C68H122N24O21S. The van der Waals surface area contributed by atoms with Crippen LogP contribution >= 0.6 is 11.8 Å². The number of nitrogens with two attached hydrogens (primary N) is 9. The molecule has 0 rings (SSSR count). The molecule has 45 nitrogen and oxygen atoms in total. The molecule has 0 aliphatic rings. The van der Waals surface area contributed by atoms with E-state index in [1.54, 1.807) is 34.0 Å². The summed E-state index contributed by atoms with van der Waals surface area (Å²) in [5, 5.41) is 61.5. The highest BCUT2D eigenvalue weighted by atomic mass is 32.2. The number of carboxylic acid groups (broad SMARTS) is 2. The molecule has 46 heteroatoms. The van der Waals surface area contributed by atoms with Gasteiger partial charge in [0, 0.05) is 25.9 Å². The van der Waals surface area contributed by atoms with Gasteiger partial charge in [-0.3, -0.25) is 91.5 Å². The quantitative estimate of drug-likeness (QED) is 0.0153. The number of nitrogens with one attached hydrogen (secondary N) is 13. The highest BCUT2D eigenvalue weighted by molar-refractivity contribution is 7.98. The molecule has 0 saturated carbocycles. The minimum Gasteiger partial charge on any atom is -0.481 e. The molecule has 34 N–H and O–H groups in total. The van der Waals surface area contributed by atoms with Crippen LogP contribution in [0.1, 0.15) is 165 Å². The molecule has 0 saturated heterocycles. The first-order chi connectivity index (χ1) is 53.4. The van der Waals surface area contributed by atoms with E-state index in [1.807, 2.05) is 0 Å². The van der Waals surface area contributed by atoms with Crippen LogP contribution in [0.25, 0.3) is 0 Å². The fraction of sp³-hybridized carbons (Fsp3) is 0.706. The Kier molecular flexibility index (Phi) is 49.6. The van der Waals surface area contributed by atoms with Gasteiger partial charge in [-0.1, -0.05) is 54.4 Å². The number of thioether (sulfide) groups is 1. The largest absolute Gasteiger partial charge is 0.481 e. The summed E-state index contributed by atoms with van der Waals surface area (Å²) < 4.78 is 0. The molecule has 0 aromatic heterocycles. The van der Waals surface area contributed by atoms with Gasteiger partial charge in [-0.15, -0.1) is 0 Å². The summed E-state index contributed by atoms with van der Waals surface area (Å²) in [5.74, 6) is -21.6. The van der Waals surface area contributed by atoms with Crippen molar-refractivity contribution in [2.45, 2.75) is 249 Å². The molecule has 16 atom stereocenters. The molecule has 0 radical (unpaired) electrons. The highest BCUT2D eigenvalue weighted by Gasteiger charge is 2.39. The van der Waals surface area contributed by atoms with Gasteiger partial charge in [0.1, 0.15) is 78.5 Å². The lowest BCUT2D eigenvalue weighted by Crippen LogP contribution is -2.62. The lowest BCUT2D eigenvalue weighted by Gasteiger charge is -2.30. The Labute approximate surface area is 665 Å². The first-order valence-corrected chi connectivity index (χ1v) is 38.7. The van der Waals surface area contributed by atoms with E-state index < -0.39 is 235 Å². The Balaban J connectivity index is 7.00. The number of guanidine groups is 2. The van der Waals surface area contributed by atoms with Gasteiger partial charge in [0.05, 0.1) is 25.5 Å². The third-order valence-electron chi connectivity index (χ3n) is 17.6. The topological polar surface area (TPSA) is 783 Å². The van der Waals surface area contributed by atoms with Crippen molar-refractivity contribution in [3.63, 3.8) is 0 Å². The fourth-order valence-corrected chi connectivity index (χ4v) is 11.1. The van der Waals surface area contributed by atoms with Crippen molar-refractivity contribution in [1.29, 1.82) is 0 Å². The Morgan fingerprint density at radius 3 is 1.14 bits per heavy atom. The van der Waals surface area contributed by atoms with E-state index in [-0.39, 0.29) is 115 Å². The number of amides is 16. The monoisotopic (exact) mass is 1640 g/mol. The van der Waals surface area contributed by atoms with Gasteiger partial charge in [0.2, 0.25) is 94.5 Å². The number of unbranched alkanes of at least 4 members (excludes halogenated alkanes) is 1. The van der Waals surface area contributed by atoms with Gasteiger partial charge in [-0.05, 0) is 121 Å². The molecule has 0 heterocycles. The first-order valence-electron chi connectivity index (χ1n) is 37.3. The Hall–Kier alpha value is -10.8. The molecule has 0 bridgehead atoms. The molecule has 0 aliphatic heterocycles. The van der Waals surface area contributed by atoms with Crippen LogP contribution in [-0.4, -0.2) is 257 Å². The van der Waals surface area contributed by atoms with Gasteiger partial charge in [0.25, 0.3) is 0 Å². The Bertz CT molecular complexity index is 3330. The molecular weight excluding hydrogens is 1520 g/mol. The predicted octanol–water partition coefficient (Wildman–Crippen LogP) is -9.26. The van der Waals surface area contributed by atoms with Crippen molar-refractivity contribution in [2.24, 2.45) is 79.3 Å². The standard InChI is InChI=1S/C68H122N24O21S/c1-10-33(5)51(64(110)81-36(8)53(99)82-41(20-22-48(72)95)59(105)86-42(66(112)113)23-27-114-9)92-63(109)46(31-93)90-58(104)40(18-15-26-79-68(76)77)85-60(106)44(29-49(73)96)89-65(111)52(34(6)11-2)91-62(108)43(28-32(3)4)88-61(107)45(30-50(97)98)87-54(100)35(7)80-56(102)38(16-12-13-24-69)84-57(103)39(17-14-25-78-67(74)75)83-55(101)37(70)19-21-47(71)94/h32-46,51-52,93H,10-31,69-70H2,1-9H3,(H2,71,94)(H2,72,95)(H2,73,96)(H,80,102)(H,81,110)(H,82,99)(H,83,101)(H,84,103)(H,85,106)(H,86,105)(H,87,100)(H,88,107)(H,89,111)(H,90,104)(H,91,108)(H,92,109)(H,97,98)(H,112,113)(H4,74,75,78)(H4,76,77,79)/t33-,34-,35-,36-,37-,38-,39-,40-,41-,42-,43-,44-,45-,46-,51-,52-/m0/s1. The van der Waals surface area contributed by atoms with Gasteiger partial charge in [0.15, 0.2) is 11.9 Å². The maximum Gasteiger partial charge on any atom is 0.326 e. The predicted molar refractivity (Wildman–Crippen MR) is 416 cm³/mol. The number of hydrogen-bond donors (Lipinski definition) is 25. The van der Waals surface area contributed by atoms with Gasteiger partial charge in [-0.2, -0.15) is 11.8 Å². The van der Waals surface area contributed by atoms with Crippen molar-refractivity contribution in [2.75, 3.05) is 38.2 Å². The van der Waals surface area contributed by atoms with Crippen molar-refractivity contribution in [3.05, 3.63) is 0 Å². The van der Waals surface area contributed by atoms with Crippen LogP contribution in [0.4, 0.5) is 0 Å². The number of rotatable bonds is 59. The van der Waals surface area contributed by atoms with E-state index >= 15 is 0 Å². The molecule has 0 unspecified atom stereocenters. The molecule has 0 aliphatic carbocycles. The molecule has 0 fully saturated rings. The summed E-state index contributed by atoms with van der Waals surface area (Å²) in [6.45, 7) is 10.9. The molecule has 0 aromatic carbocycles. The number of aliphatic carboxylic acids is 2. The van der Waals surface area contributed by atoms with Crippen molar-refractivity contribution in [1.82, 2.24) is 69.1 Å². The first kappa shape index (κ1) is 103. The number of nitrogens with zero attached hydrogens (tertiary/aromatic N) is 2. The second-order valence-electron chi connectivity index (χ2n) is 27.8. The van der Waals surface area contributed by atoms with Crippen molar-refractivity contribution >= 4 is 130 Å². The molecule has 0 aromatic rings. The minimum atomic E-state index is -1.95. The number of aliphatic hydroxyl groups is 1. The van der Waals surface area contributed by atoms with Crippen LogP contribution in [0.3, 0.4) is 0 Å². The summed E-state index contributed by atoms with van der Waals surface area (Å²) in [6, 6.07) is -22.1. The van der Waals surface area contributed by atoms with Crippen molar-refractivity contribution in [3.8, 4) is 0 Å². The smallest absolute Gasteiger partial charge is 0.326 e. The lowest BCUT2D eigenvalue weighted by atomic mass is 9.96. The van der Waals surface area contributed by atoms with E-state index in [0.717, 1.165) is 0 Å². The zero-order valence-corrected chi connectivity index (χ0v) is 66.9. The zero-order valence-electron chi connectivity index (χ0n) is 66.1. The third-order valence-corrected chi connectivity index (χ3v) is 18.3. The van der Waals surface area contributed by atoms with E-state index in [4.69, 9.17) is 51.6 Å². The SMILES string of the molecule is CC[C@H](C)[C@H](NC(=O)[C@H](CO)NC(=O)[C@H](CCCN=C(N)N)NC(=O)[C@H](CC(N)=O)NC(=O)[C@@H](NC(=O)[C@H](CC(C)C)NC(=O)[C@H](CC(=O)O)NC(=O)[C@H](C)NC(=O)[C@H](CCCCN)NC(=O)[C@H](CCCN=C(N)N)NC(=O)[C@@H](N)CCC(N)=O)[C@@H](C)CC)C(=O)N[C@@H](C)C(=O)N[C@@H](CCC(N)=O)C(=O)N[C@@H](CCSC)C(=O)O. The number of carbonyl (C=O) groups excluding carboxylic acids is 16. The van der Waals surface area contributed by atoms with Crippen LogP contribution in [-0.2, 0) is 86.3 Å². The van der Waals surface area contributed by atoms with Crippen LogP contribution in [0.15, 0.2) is 9.98 Å². The van der Waals surface area contributed by atoms with Crippen LogP contribution in [0.2, 0.25) is 0 Å². The van der Waals surface area contributed by atoms with Crippen LogP contribution in [0.5, 0.6) is 0 Å². The summed E-state index contributed by atoms with van der Waals surface area (Å²) in [5.41, 5.74) is 49.6. The zero-order chi connectivity index (χ0) is 87.2. The summed E-state index contributed by atoms with van der Waals surface area (Å²) in [7, 11) is 0. The molecule has 114 heavy (non-hydrogen) atoms. The van der Waals surface area contributed by atoms with E-state index in [9.17, 15) is 102 Å². The number of carbonyl (C=O) groups is 18. The maximum atomic E-state index is 14.5. The Morgan fingerprint density at radius 1 is 0.377 bits per heavy atom. The second-order valence-corrected chi connectivity index (χ2v) is 28.7. The van der Waals surface area contributed by atoms with Gasteiger partial charge >= 0.3 is 11.9 Å². The number of primary amides is 3. The lowest BCUT2D eigenvalue weighted by molar-refractivity contribution is -0.142. The molecule has 16 amide bonds. The average molecular weight is 1640 g/mol. The Morgan fingerprint density at radius 2 is 0.728 bits per heavy atom. The van der Waals surface area contributed by atoms with E-state index in [2.05, 4.69) is 79.1 Å². The summed E-state index contributed by atoms with van der Waals surface area (Å²) >= 11 is 1.31. The van der Waals surface area contributed by atoms with Gasteiger partial charge < -0.3 is 136 Å². The number of carboxylic acids is 2. The highest BCUT2D eigenvalue weighted by Crippen LogP contribution is 2.16. The van der Waals surface area contributed by atoms with E-state index in [1.165, 1.54) is 39.5 Å². The van der Waals surface area contributed by atoms with E-state index in [0.29, 0.717) is 12.2 Å². The number of hydrogen-bond acceptors (Lipinski definition) is 24. The maximum absolute atomic E-state index is 14.5. The summed E-state index contributed by atoms with van der Waals surface area (Å²) in [4.78, 5) is 249. The summed E-state index contributed by atoms with van der Waals surface area (Å²) in [6.07, 6.45) is -1.13. The van der Waals surface area contributed by atoms with Gasteiger partial charge in [-0.25, -0.2) is 4.79 Å². The fourth-order valence-electron chi connectivity index (χ4n) is 10.6. The van der Waals surface area contributed by atoms with Crippen LogP contribution in [0, 0.1) is 17.8 Å². The normalized spacial score (nSPS) is 15.2. The molecule has 646 valence electrons. The average Bonchev–Trinajstić information content (AvgIpc) is 0.848. The second kappa shape index (κ2) is 54.8. The molecule has 0 spiro atoms. The number of aliphatic imine (C=N–C) groups is 2. The van der Waals surface area contributed by atoms with Crippen LogP contribution < -0.4 is 121 Å².